The lowest BCUT2D eigenvalue weighted by Crippen LogP contribution is -2.46. The molecule has 0 amide bonds. The predicted octanol–water partition coefficient (Wildman–Crippen LogP) is 3.62. The van der Waals surface area contributed by atoms with Crippen molar-refractivity contribution >= 4 is 17.6 Å². The summed E-state index contributed by atoms with van der Waals surface area (Å²) >= 11 is 6.35. The van der Waals surface area contributed by atoms with Crippen molar-refractivity contribution in [2.45, 2.75) is 39.2 Å². The van der Waals surface area contributed by atoms with Gasteiger partial charge in [-0.15, -0.1) is 0 Å². The van der Waals surface area contributed by atoms with Crippen molar-refractivity contribution in [1.82, 2.24) is 10.6 Å². The number of guanidine groups is 1. The topological polar surface area (TPSA) is 64.1 Å². The molecule has 1 aliphatic carbocycles. The van der Waals surface area contributed by atoms with Crippen LogP contribution >= 0.6 is 11.6 Å². The second-order valence-electron chi connectivity index (χ2n) is 6.92. The normalized spacial score (nSPS) is 15.8. The van der Waals surface area contributed by atoms with Crippen molar-refractivity contribution in [3.8, 4) is 11.5 Å². The van der Waals surface area contributed by atoms with E-state index in [9.17, 15) is 0 Å². The first-order chi connectivity index (χ1) is 13.1. The summed E-state index contributed by atoms with van der Waals surface area (Å²) in [6.07, 6.45) is 4.86. The van der Waals surface area contributed by atoms with Crippen molar-refractivity contribution in [1.29, 1.82) is 0 Å². The highest BCUT2D eigenvalue weighted by atomic mass is 35.5. The minimum absolute atomic E-state index is 0.333. The van der Waals surface area contributed by atoms with Gasteiger partial charge in [-0.1, -0.05) is 18.0 Å². The third-order valence-electron chi connectivity index (χ3n) is 5.14. The van der Waals surface area contributed by atoms with Gasteiger partial charge >= 0.3 is 0 Å². The van der Waals surface area contributed by atoms with Crippen LogP contribution in [0.4, 0.5) is 0 Å². The zero-order valence-corrected chi connectivity index (χ0v) is 17.6. The maximum absolute atomic E-state index is 6.35. The van der Waals surface area contributed by atoms with E-state index in [4.69, 9.17) is 25.8 Å². The fourth-order valence-electron chi connectivity index (χ4n) is 3.35. The molecule has 0 spiro atoms. The maximum Gasteiger partial charge on any atom is 0.191 e. The molecule has 0 aliphatic heterocycles. The molecule has 0 saturated heterocycles. The predicted molar refractivity (Wildman–Crippen MR) is 110 cm³/mol. The number of aliphatic imine (C=N–C) groups is 1. The molecule has 7 heteroatoms. The molecule has 0 atom stereocenters. The molecule has 1 fully saturated rings. The highest BCUT2D eigenvalue weighted by Gasteiger charge is 2.36. The Labute approximate surface area is 167 Å². The summed E-state index contributed by atoms with van der Waals surface area (Å²) in [6.45, 7) is 4.76. The average Bonchev–Trinajstić information content (AvgIpc) is 2.64. The quantitative estimate of drug-likeness (QED) is 0.466. The van der Waals surface area contributed by atoms with Crippen LogP contribution in [0, 0.1) is 5.41 Å². The van der Waals surface area contributed by atoms with E-state index in [-0.39, 0.29) is 0 Å². The summed E-state index contributed by atoms with van der Waals surface area (Å²) < 4.78 is 16.2. The lowest BCUT2D eigenvalue weighted by atomic mass is 9.67. The van der Waals surface area contributed by atoms with Crippen LogP contribution in [0.1, 0.15) is 38.2 Å². The fraction of sp³-hybridized carbons (Fsp3) is 0.650. The molecule has 6 nitrogen and oxygen atoms in total. The Balaban J connectivity index is 1.93. The van der Waals surface area contributed by atoms with Crippen LogP contribution in [-0.4, -0.2) is 47.0 Å². The summed E-state index contributed by atoms with van der Waals surface area (Å²) in [4.78, 5) is 4.33. The molecule has 0 unspecified atom stereocenters. The van der Waals surface area contributed by atoms with Crippen molar-refractivity contribution in [3.63, 3.8) is 0 Å². The van der Waals surface area contributed by atoms with Gasteiger partial charge in [0.15, 0.2) is 17.5 Å². The second-order valence-corrected chi connectivity index (χ2v) is 7.32. The van der Waals surface area contributed by atoms with Crippen LogP contribution < -0.4 is 20.1 Å². The Kier molecular flexibility index (Phi) is 8.51. The number of nitrogens with zero attached hydrogens (tertiary/aromatic N) is 1. The third kappa shape index (κ3) is 5.91. The summed E-state index contributed by atoms with van der Waals surface area (Å²) in [5.41, 5.74) is 1.33. The van der Waals surface area contributed by atoms with Gasteiger partial charge in [-0.2, -0.15) is 0 Å². The largest absolute Gasteiger partial charge is 0.493 e. The molecule has 1 aliphatic rings. The van der Waals surface area contributed by atoms with Crippen LogP contribution in [0.15, 0.2) is 17.1 Å². The van der Waals surface area contributed by atoms with Gasteiger partial charge in [0.05, 0.1) is 18.7 Å². The van der Waals surface area contributed by atoms with Gasteiger partial charge in [-0.25, -0.2) is 0 Å². The van der Waals surface area contributed by atoms with E-state index < -0.39 is 0 Å². The Bertz CT molecular complexity index is 633. The zero-order valence-electron chi connectivity index (χ0n) is 16.9. The molecule has 2 rings (SSSR count). The number of nitrogens with one attached hydrogen (secondary N) is 2. The van der Waals surface area contributed by atoms with Gasteiger partial charge in [-0.3, -0.25) is 4.99 Å². The number of benzene rings is 1. The molecule has 27 heavy (non-hydrogen) atoms. The van der Waals surface area contributed by atoms with E-state index in [0.717, 1.165) is 31.1 Å². The van der Waals surface area contributed by atoms with Gasteiger partial charge in [0.2, 0.25) is 0 Å². The van der Waals surface area contributed by atoms with Gasteiger partial charge in [0.25, 0.3) is 0 Å². The first kappa shape index (κ1) is 21.6. The highest BCUT2D eigenvalue weighted by molar-refractivity contribution is 6.32. The Morgan fingerprint density at radius 2 is 2.04 bits per heavy atom. The Hall–Kier alpha value is -1.66. The highest BCUT2D eigenvalue weighted by Crippen LogP contribution is 2.43. The average molecular weight is 398 g/mol. The first-order valence-electron chi connectivity index (χ1n) is 9.50. The van der Waals surface area contributed by atoms with E-state index in [1.54, 1.807) is 21.3 Å². The first-order valence-corrected chi connectivity index (χ1v) is 9.88. The summed E-state index contributed by atoms with van der Waals surface area (Å²) in [5, 5.41) is 7.35. The number of halogens is 1. The minimum atomic E-state index is 0.333. The zero-order chi connectivity index (χ0) is 19.7. The van der Waals surface area contributed by atoms with Crippen LogP contribution in [-0.2, 0) is 11.3 Å². The van der Waals surface area contributed by atoms with Crippen LogP contribution in [0.25, 0.3) is 0 Å². The molecule has 0 radical (unpaired) electrons. The smallest absolute Gasteiger partial charge is 0.191 e. The number of hydrogen-bond acceptors (Lipinski definition) is 4. The van der Waals surface area contributed by atoms with E-state index in [2.05, 4.69) is 15.6 Å². The number of methoxy groups -OCH3 is 2. The minimum Gasteiger partial charge on any atom is -0.493 e. The molecular formula is C20H32ClN3O3. The van der Waals surface area contributed by atoms with Gasteiger partial charge in [0.1, 0.15) is 0 Å². The maximum atomic E-state index is 6.35. The molecule has 152 valence electrons. The number of ether oxygens (including phenoxy) is 3. The lowest BCUT2D eigenvalue weighted by molar-refractivity contribution is 0.0732. The molecule has 1 aromatic rings. The van der Waals surface area contributed by atoms with E-state index in [0.29, 0.717) is 35.1 Å². The molecule has 2 N–H and O–H groups in total. The molecule has 1 aromatic carbocycles. The van der Waals surface area contributed by atoms with Crippen LogP contribution in [0.2, 0.25) is 5.02 Å². The monoisotopic (exact) mass is 397 g/mol. The molecular weight excluding hydrogens is 366 g/mol. The van der Waals surface area contributed by atoms with Crippen molar-refractivity contribution in [3.05, 3.63) is 22.7 Å². The summed E-state index contributed by atoms with van der Waals surface area (Å²) in [5.74, 6) is 2.00. The van der Waals surface area contributed by atoms with Gasteiger partial charge in [-0.05, 0) is 49.3 Å². The molecule has 0 bridgehead atoms. The van der Waals surface area contributed by atoms with Crippen LogP contribution in [0.5, 0.6) is 11.5 Å². The second kappa shape index (κ2) is 10.6. The third-order valence-corrected chi connectivity index (χ3v) is 5.42. The molecule has 1 saturated carbocycles. The van der Waals surface area contributed by atoms with Gasteiger partial charge < -0.3 is 24.8 Å². The molecule has 0 heterocycles. The summed E-state index contributed by atoms with van der Waals surface area (Å²) in [7, 11) is 5.16. The van der Waals surface area contributed by atoms with E-state index in [1.165, 1.54) is 19.3 Å². The Morgan fingerprint density at radius 1 is 1.26 bits per heavy atom. The lowest BCUT2D eigenvalue weighted by Gasteiger charge is -2.42. The Morgan fingerprint density at radius 3 is 2.59 bits per heavy atom. The SMILES string of the molecule is CCOc1c(Cl)cc(CNC(=NC)NCC2(CCOC)CCC2)cc1OC. The fourth-order valence-corrected chi connectivity index (χ4v) is 3.64. The van der Waals surface area contributed by atoms with E-state index >= 15 is 0 Å². The van der Waals surface area contributed by atoms with Crippen LogP contribution in [0.3, 0.4) is 0 Å². The number of hydrogen-bond donors (Lipinski definition) is 2. The van der Waals surface area contributed by atoms with Crippen molar-refractivity contribution < 1.29 is 14.2 Å². The van der Waals surface area contributed by atoms with Gasteiger partial charge in [0, 0.05) is 33.9 Å². The van der Waals surface area contributed by atoms with Crippen molar-refractivity contribution in [2.75, 3.05) is 41.0 Å². The summed E-state index contributed by atoms with van der Waals surface area (Å²) in [6, 6.07) is 3.82. The standard InChI is InChI=1S/C20H32ClN3O3/c1-5-27-18-16(21)11-15(12-17(18)26-4)13-23-19(22-2)24-14-20(7-6-8-20)9-10-25-3/h11-12H,5-10,13-14H2,1-4H3,(H2,22,23,24). The molecule has 0 aromatic heterocycles. The van der Waals surface area contributed by atoms with E-state index in [1.807, 2.05) is 19.1 Å². The van der Waals surface area contributed by atoms with Crippen molar-refractivity contribution in [2.24, 2.45) is 10.4 Å². The number of rotatable bonds is 10.